The van der Waals surface area contributed by atoms with Crippen LogP contribution in [0.2, 0.25) is 0 Å². The van der Waals surface area contributed by atoms with Crippen LogP contribution in [0.1, 0.15) is 13.3 Å². The van der Waals surface area contributed by atoms with E-state index in [1.165, 1.54) is 0 Å². The summed E-state index contributed by atoms with van der Waals surface area (Å²) >= 11 is 0. The summed E-state index contributed by atoms with van der Waals surface area (Å²) in [5.41, 5.74) is 5.66. The van der Waals surface area contributed by atoms with Crippen LogP contribution in [0, 0.1) is 0 Å². The van der Waals surface area contributed by atoms with Crippen LogP contribution in [0.25, 0.3) is 0 Å². The van der Waals surface area contributed by atoms with Crippen LogP contribution in [0.15, 0.2) is 17.6 Å². The molecule has 0 aromatic heterocycles. The summed E-state index contributed by atoms with van der Waals surface area (Å²) in [5.74, 6) is 0.664. The van der Waals surface area contributed by atoms with Gasteiger partial charge in [-0.15, -0.1) is 6.58 Å². The zero-order valence-corrected chi connectivity index (χ0v) is 6.95. The normalized spacial score (nSPS) is 23.5. The predicted molar refractivity (Wildman–Crippen MR) is 47.5 cm³/mol. The predicted octanol–water partition coefficient (Wildman–Crippen LogP) is 0.581. The Balaban J connectivity index is 2.56. The van der Waals surface area contributed by atoms with Crippen LogP contribution in [0.5, 0.6) is 0 Å². The SMILES string of the molecule is C=CCN1C(N)=NCC1CC. The van der Waals surface area contributed by atoms with Crippen molar-refractivity contribution in [1.82, 2.24) is 4.90 Å². The summed E-state index contributed by atoms with van der Waals surface area (Å²) in [6.45, 7) is 7.48. The molecular formula is C8H15N3. The van der Waals surface area contributed by atoms with E-state index in [4.69, 9.17) is 5.73 Å². The molecular weight excluding hydrogens is 138 g/mol. The fraction of sp³-hybridized carbons (Fsp3) is 0.625. The first-order valence-corrected chi connectivity index (χ1v) is 3.97. The molecule has 11 heavy (non-hydrogen) atoms. The summed E-state index contributed by atoms with van der Waals surface area (Å²) in [4.78, 5) is 6.25. The number of hydrogen-bond acceptors (Lipinski definition) is 3. The van der Waals surface area contributed by atoms with Gasteiger partial charge in [-0.2, -0.15) is 0 Å². The molecule has 0 fully saturated rings. The van der Waals surface area contributed by atoms with Crippen LogP contribution in [0.3, 0.4) is 0 Å². The summed E-state index contributed by atoms with van der Waals surface area (Å²) < 4.78 is 0. The first-order valence-electron chi connectivity index (χ1n) is 3.97. The molecule has 1 atom stereocenters. The van der Waals surface area contributed by atoms with Gasteiger partial charge < -0.3 is 10.6 Å². The van der Waals surface area contributed by atoms with Crippen molar-refractivity contribution < 1.29 is 0 Å². The summed E-state index contributed by atoms with van der Waals surface area (Å²) in [6.07, 6.45) is 2.95. The van der Waals surface area contributed by atoms with Crippen molar-refractivity contribution in [3.63, 3.8) is 0 Å². The van der Waals surface area contributed by atoms with E-state index in [1.807, 2.05) is 6.08 Å². The van der Waals surface area contributed by atoms with E-state index in [2.05, 4.69) is 23.4 Å². The first kappa shape index (κ1) is 8.11. The van der Waals surface area contributed by atoms with Crippen LogP contribution in [0.4, 0.5) is 0 Å². The minimum atomic E-state index is 0.494. The topological polar surface area (TPSA) is 41.6 Å². The molecule has 1 aliphatic rings. The van der Waals surface area contributed by atoms with Crippen molar-refractivity contribution in [1.29, 1.82) is 0 Å². The standard InChI is InChI=1S/C8H15N3/c1-3-5-11-7(4-2)6-10-8(11)9/h3,7H,1,4-6H2,2H3,(H2,9,10). The quantitative estimate of drug-likeness (QED) is 0.603. The number of aliphatic imine (C=N–C) groups is 1. The van der Waals surface area contributed by atoms with Crippen molar-refractivity contribution in [2.45, 2.75) is 19.4 Å². The monoisotopic (exact) mass is 153 g/mol. The number of nitrogens with zero attached hydrogens (tertiary/aromatic N) is 2. The lowest BCUT2D eigenvalue weighted by molar-refractivity contribution is 0.361. The Kier molecular flexibility index (Phi) is 2.52. The molecule has 1 rings (SSSR count). The van der Waals surface area contributed by atoms with E-state index in [9.17, 15) is 0 Å². The van der Waals surface area contributed by atoms with Gasteiger partial charge in [0.25, 0.3) is 0 Å². The molecule has 62 valence electrons. The first-order chi connectivity index (χ1) is 5.29. The molecule has 1 heterocycles. The zero-order valence-electron chi connectivity index (χ0n) is 6.95. The molecule has 2 N–H and O–H groups in total. The van der Waals surface area contributed by atoms with E-state index >= 15 is 0 Å². The molecule has 3 heteroatoms. The number of guanidine groups is 1. The van der Waals surface area contributed by atoms with E-state index in [-0.39, 0.29) is 0 Å². The van der Waals surface area contributed by atoms with Gasteiger partial charge in [0, 0.05) is 6.54 Å². The lowest BCUT2D eigenvalue weighted by Crippen LogP contribution is -2.40. The fourth-order valence-corrected chi connectivity index (χ4v) is 1.31. The second-order valence-corrected chi connectivity index (χ2v) is 2.70. The lowest BCUT2D eigenvalue weighted by atomic mass is 10.2. The summed E-state index contributed by atoms with van der Waals surface area (Å²) in [7, 11) is 0. The highest BCUT2D eigenvalue weighted by Crippen LogP contribution is 2.10. The summed E-state index contributed by atoms with van der Waals surface area (Å²) in [6, 6.07) is 0.494. The highest BCUT2D eigenvalue weighted by Gasteiger charge is 2.22. The van der Waals surface area contributed by atoms with Crippen LogP contribution in [-0.2, 0) is 0 Å². The smallest absolute Gasteiger partial charge is 0.191 e. The van der Waals surface area contributed by atoms with Gasteiger partial charge in [-0.05, 0) is 6.42 Å². The van der Waals surface area contributed by atoms with E-state index in [1.54, 1.807) is 0 Å². The Morgan fingerprint density at radius 2 is 2.64 bits per heavy atom. The molecule has 0 aromatic rings. The van der Waals surface area contributed by atoms with Gasteiger partial charge in [0.15, 0.2) is 5.96 Å². The number of rotatable bonds is 3. The third-order valence-corrected chi connectivity index (χ3v) is 2.00. The van der Waals surface area contributed by atoms with Gasteiger partial charge in [0.2, 0.25) is 0 Å². The van der Waals surface area contributed by atoms with Gasteiger partial charge in [-0.1, -0.05) is 13.0 Å². The Labute approximate surface area is 67.6 Å². The molecule has 0 aliphatic carbocycles. The molecule has 0 saturated carbocycles. The van der Waals surface area contributed by atoms with Gasteiger partial charge in [-0.3, -0.25) is 4.99 Å². The minimum Gasteiger partial charge on any atom is -0.370 e. The van der Waals surface area contributed by atoms with Crippen LogP contribution >= 0.6 is 0 Å². The maximum Gasteiger partial charge on any atom is 0.191 e. The van der Waals surface area contributed by atoms with Gasteiger partial charge in [-0.25, -0.2) is 0 Å². The second kappa shape index (κ2) is 3.42. The van der Waals surface area contributed by atoms with Crippen LogP contribution < -0.4 is 5.73 Å². The van der Waals surface area contributed by atoms with Crippen LogP contribution in [-0.4, -0.2) is 30.0 Å². The molecule has 3 nitrogen and oxygen atoms in total. The number of hydrogen-bond donors (Lipinski definition) is 1. The van der Waals surface area contributed by atoms with Gasteiger partial charge in [0.05, 0.1) is 12.6 Å². The van der Waals surface area contributed by atoms with Crippen molar-refractivity contribution in [2.24, 2.45) is 10.7 Å². The molecule has 0 aromatic carbocycles. The maximum atomic E-state index is 5.66. The molecule has 0 radical (unpaired) electrons. The van der Waals surface area contributed by atoms with Crippen molar-refractivity contribution in [2.75, 3.05) is 13.1 Å². The lowest BCUT2D eigenvalue weighted by Gasteiger charge is -2.23. The second-order valence-electron chi connectivity index (χ2n) is 2.70. The summed E-state index contributed by atoms with van der Waals surface area (Å²) in [5, 5.41) is 0. The largest absolute Gasteiger partial charge is 0.370 e. The average molecular weight is 153 g/mol. The zero-order chi connectivity index (χ0) is 8.27. The Morgan fingerprint density at radius 3 is 3.18 bits per heavy atom. The minimum absolute atomic E-state index is 0.494. The maximum absolute atomic E-state index is 5.66. The van der Waals surface area contributed by atoms with Gasteiger partial charge >= 0.3 is 0 Å². The van der Waals surface area contributed by atoms with E-state index < -0.39 is 0 Å². The molecule has 0 saturated heterocycles. The molecule has 0 spiro atoms. The molecule has 1 aliphatic heterocycles. The Hall–Kier alpha value is -0.990. The molecule has 1 unspecified atom stereocenters. The van der Waals surface area contributed by atoms with Crippen molar-refractivity contribution in [3.8, 4) is 0 Å². The van der Waals surface area contributed by atoms with Crippen molar-refractivity contribution >= 4 is 5.96 Å². The third-order valence-electron chi connectivity index (χ3n) is 2.00. The highest BCUT2D eigenvalue weighted by atomic mass is 15.3. The highest BCUT2D eigenvalue weighted by molar-refractivity contribution is 5.80. The Morgan fingerprint density at radius 1 is 1.91 bits per heavy atom. The fourth-order valence-electron chi connectivity index (χ4n) is 1.31. The number of nitrogens with two attached hydrogens (primary N) is 1. The third kappa shape index (κ3) is 1.53. The average Bonchev–Trinajstić information content (AvgIpc) is 2.34. The van der Waals surface area contributed by atoms with E-state index in [0.717, 1.165) is 19.5 Å². The molecule has 0 amide bonds. The molecule has 0 bridgehead atoms. The van der Waals surface area contributed by atoms with E-state index in [0.29, 0.717) is 12.0 Å². The van der Waals surface area contributed by atoms with Crippen molar-refractivity contribution in [3.05, 3.63) is 12.7 Å². The van der Waals surface area contributed by atoms with Gasteiger partial charge in [0.1, 0.15) is 0 Å². The Bertz CT molecular complexity index is 174.